The van der Waals surface area contributed by atoms with E-state index in [9.17, 15) is 0 Å². The fraction of sp³-hybridized carbons (Fsp3) is 0.600. The standard InChI is InChI=1S/C15H26N2O/c1-3-17(4-2)15-10-8-14(9-11-15)16-12-6-5-7-13-18/h8-11,16,18H,3-7,12-13H2,1-2H3. The zero-order valence-corrected chi connectivity index (χ0v) is 11.7. The average molecular weight is 250 g/mol. The largest absolute Gasteiger partial charge is 0.396 e. The average Bonchev–Trinajstić information content (AvgIpc) is 2.41. The van der Waals surface area contributed by atoms with Crippen molar-refractivity contribution >= 4 is 11.4 Å². The Bertz CT molecular complexity index is 307. The third-order valence-electron chi connectivity index (χ3n) is 3.16. The first-order valence-corrected chi connectivity index (χ1v) is 7.01. The third-order valence-corrected chi connectivity index (χ3v) is 3.16. The van der Waals surface area contributed by atoms with E-state index in [0.29, 0.717) is 6.61 Å². The van der Waals surface area contributed by atoms with Gasteiger partial charge in [-0.05, 0) is 57.4 Å². The lowest BCUT2D eigenvalue weighted by Crippen LogP contribution is -2.21. The van der Waals surface area contributed by atoms with Crippen molar-refractivity contribution in [1.82, 2.24) is 0 Å². The highest BCUT2D eigenvalue weighted by molar-refractivity contribution is 5.54. The topological polar surface area (TPSA) is 35.5 Å². The molecule has 0 bridgehead atoms. The van der Waals surface area contributed by atoms with Gasteiger partial charge in [-0.3, -0.25) is 0 Å². The summed E-state index contributed by atoms with van der Waals surface area (Å²) in [7, 11) is 0. The summed E-state index contributed by atoms with van der Waals surface area (Å²) >= 11 is 0. The first kappa shape index (κ1) is 14.8. The van der Waals surface area contributed by atoms with Gasteiger partial charge in [0.25, 0.3) is 0 Å². The monoisotopic (exact) mass is 250 g/mol. The third kappa shape index (κ3) is 4.96. The van der Waals surface area contributed by atoms with Crippen molar-refractivity contribution in [3.63, 3.8) is 0 Å². The van der Waals surface area contributed by atoms with Gasteiger partial charge in [-0.15, -0.1) is 0 Å². The van der Waals surface area contributed by atoms with E-state index in [-0.39, 0.29) is 0 Å². The van der Waals surface area contributed by atoms with Crippen LogP contribution >= 0.6 is 0 Å². The summed E-state index contributed by atoms with van der Waals surface area (Å²) in [6.45, 7) is 7.73. The maximum atomic E-state index is 8.69. The zero-order chi connectivity index (χ0) is 13.2. The summed E-state index contributed by atoms with van der Waals surface area (Å²) in [4.78, 5) is 2.34. The zero-order valence-electron chi connectivity index (χ0n) is 11.7. The van der Waals surface area contributed by atoms with Crippen LogP contribution < -0.4 is 10.2 Å². The molecule has 1 aromatic rings. The van der Waals surface area contributed by atoms with E-state index >= 15 is 0 Å². The molecule has 0 saturated heterocycles. The quantitative estimate of drug-likeness (QED) is 0.661. The second kappa shape index (κ2) is 8.81. The van der Waals surface area contributed by atoms with E-state index in [0.717, 1.165) is 38.9 Å². The summed E-state index contributed by atoms with van der Waals surface area (Å²) in [6.07, 6.45) is 3.10. The van der Waals surface area contributed by atoms with Crippen molar-refractivity contribution in [2.24, 2.45) is 0 Å². The molecule has 0 fully saturated rings. The van der Waals surface area contributed by atoms with Gasteiger partial charge in [0.1, 0.15) is 0 Å². The second-order valence-corrected chi connectivity index (χ2v) is 4.43. The van der Waals surface area contributed by atoms with Gasteiger partial charge < -0.3 is 15.3 Å². The first-order valence-electron chi connectivity index (χ1n) is 7.01. The number of hydrogen-bond acceptors (Lipinski definition) is 3. The molecular formula is C15H26N2O. The van der Waals surface area contributed by atoms with E-state index in [4.69, 9.17) is 5.11 Å². The minimum Gasteiger partial charge on any atom is -0.396 e. The molecule has 0 atom stereocenters. The van der Waals surface area contributed by atoms with E-state index in [2.05, 4.69) is 48.3 Å². The van der Waals surface area contributed by atoms with Crippen molar-refractivity contribution in [3.05, 3.63) is 24.3 Å². The lowest BCUT2D eigenvalue weighted by Gasteiger charge is -2.21. The molecule has 0 saturated carbocycles. The molecule has 3 heteroatoms. The summed E-state index contributed by atoms with van der Waals surface area (Å²) in [5, 5.41) is 12.1. The van der Waals surface area contributed by atoms with Gasteiger partial charge in [0, 0.05) is 37.6 Å². The smallest absolute Gasteiger partial charge is 0.0431 e. The SMILES string of the molecule is CCN(CC)c1ccc(NCCCCCO)cc1. The number of hydrogen-bond donors (Lipinski definition) is 2. The lowest BCUT2D eigenvalue weighted by atomic mass is 10.2. The van der Waals surface area contributed by atoms with Crippen LogP contribution in [0.1, 0.15) is 33.1 Å². The number of unbranched alkanes of at least 4 members (excludes halogenated alkanes) is 2. The van der Waals surface area contributed by atoms with Crippen LogP contribution in [0.2, 0.25) is 0 Å². The van der Waals surface area contributed by atoms with Crippen LogP contribution in [-0.2, 0) is 0 Å². The summed E-state index contributed by atoms with van der Waals surface area (Å²) < 4.78 is 0. The minimum atomic E-state index is 0.304. The summed E-state index contributed by atoms with van der Waals surface area (Å²) in [5.41, 5.74) is 2.46. The molecule has 0 aliphatic carbocycles. The number of aliphatic hydroxyl groups is 1. The summed E-state index contributed by atoms with van der Waals surface area (Å²) in [5.74, 6) is 0. The summed E-state index contributed by atoms with van der Waals surface area (Å²) in [6, 6.07) is 8.62. The number of nitrogens with zero attached hydrogens (tertiary/aromatic N) is 1. The molecule has 0 amide bonds. The predicted molar refractivity (Wildman–Crippen MR) is 79.4 cm³/mol. The predicted octanol–water partition coefficient (Wildman–Crippen LogP) is 3.11. The number of rotatable bonds is 9. The van der Waals surface area contributed by atoms with Gasteiger partial charge in [-0.25, -0.2) is 0 Å². The second-order valence-electron chi connectivity index (χ2n) is 4.43. The normalized spacial score (nSPS) is 10.4. The van der Waals surface area contributed by atoms with Gasteiger partial charge in [0.05, 0.1) is 0 Å². The van der Waals surface area contributed by atoms with Gasteiger partial charge >= 0.3 is 0 Å². The molecule has 0 heterocycles. The molecule has 0 radical (unpaired) electrons. The molecule has 0 aromatic heterocycles. The molecule has 0 spiro atoms. The maximum Gasteiger partial charge on any atom is 0.0431 e. The number of benzene rings is 1. The van der Waals surface area contributed by atoms with Crippen molar-refractivity contribution in [2.75, 3.05) is 36.5 Å². The molecule has 0 unspecified atom stereocenters. The van der Waals surface area contributed by atoms with E-state index in [1.54, 1.807) is 0 Å². The Kier molecular flexibility index (Phi) is 7.26. The fourth-order valence-electron chi connectivity index (χ4n) is 2.03. The van der Waals surface area contributed by atoms with Crippen molar-refractivity contribution < 1.29 is 5.11 Å². The van der Waals surface area contributed by atoms with Crippen LogP contribution in [0.25, 0.3) is 0 Å². The lowest BCUT2D eigenvalue weighted by molar-refractivity contribution is 0.283. The van der Waals surface area contributed by atoms with Crippen molar-refractivity contribution in [1.29, 1.82) is 0 Å². The molecule has 1 aromatic carbocycles. The molecule has 1 rings (SSSR count). The van der Waals surface area contributed by atoms with E-state index in [1.807, 2.05) is 0 Å². The van der Waals surface area contributed by atoms with Crippen LogP contribution in [0.4, 0.5) is 11.4 Å². The molecule has 2 N–H and O–H groups in total. The Morgan fingerprint density at radius 2 is 1.67 bits per heavy atom. The van der Waals surface area contributed by atoms with Gasteiger partial charge in [-0.1, -0.05) is 0 Å². The Morgan fingerprint density at radius 1 is 1.00 bits per heavy atom. The highest BCUT2D eigenvalue weighted by Crippen LogP contribution is 2.17. The molecule has 3 nitrogen and oxygen atoms in total. The highest BCUT2D eigenvalue weighted by Gasteiger charge is 2.00. The van der Waals surface area contributed by atoms with E-state index < -0.39 is 0 Å². The Morgan fingerprint density at radius 3 is 2.22 bits per heavy atom. The van der Waals surface area contributed by atoms with Crippen LogP contribution in [0, 0.1) is 0 Å². The molecule has 0 aliphatic heterocycles. The molecule has 18 heavy (non-hydrogen) atoms. The fourth-order valence-corrected chi connectivity index (χ4v) is 2.03. The Balaban J connectivity index is 2.35. The first-order chi connectivity index (χ1) is 8.81. The Labute approximate surface area is 111 Å². The van der Waals surface area contributed by atoms with Gasteiger partial charge in [0.15, 0.2) is 0 Å². The molecule has 102 valence electrons. The van der Waals surface area contributed by atoms with E-state index in [1.165, 1.54) is 11.4 Å². The Hall–Kier alpha value is -1.22. The maximum absolute atomic E-state index is 8.69. The van der Waals surface area contributed by atoms with Crippen molar-refractivity contribution in [2.45, 2.75) is 33.1 Å². The van der Waals surface area contributed by atoms with Gasteiger partial charge in [0.2, 0.25) is 0 Å². The molecule has 0 aliphatic rings. The van der Waals surface area contributed by atoms with Crippen LogP contribution in [0.3, 0.4) is 0 Å². The van der Waals surface area contributed by atoms with Crippen LogP contribution in [0.15, 0.2) is 24.3 Å². The van der Waals surface area contributed by atoms with Crippen LogP contribution in [0.5, 0.6) is 0 Å². The molecular weight excluding hydrogens is 224 g/mol. The number of aliphatic hydroxyl groups excluding tert-OH is 1. The number of nitrogens with one attached hydrogen (secondary N) is 1. The highest BCUT2D eigenvalue weighted by atomic mass is 16.2. The van der Waals surface area contributed by atoms with Crippen LogP contribution in [-0.4, -0.2) is 31.3 Å². The number of anilines is 2. The minimum absolute atomic E-state index is 0.304. The van der Waals surface area contributed by atoms with Gasteiger partial charge in [-0.2, -0.15) is 0 Å². The van der Waals surface area contributed by atoms with Crippen molar-refractivity contribution in [3.8, 4) is 0 Å².